The average molecular weight is 333 g/mol. The van der Waals surface area contributed by atoms with Crippen molar-refractivity contribution in [3.63, 3.8) is 0 Å². The van der Waals surface area contributed by atoms with Crippen LogP contribution in [-0.4, -0.2) is 31.1 Å². The zero-order valence-corrected chi connectivity index (χ0v) is 13.4. The van der Waals surface area contributed by atoms with Gasteiger partial charge in [0.05, 0.1) is 16.8 Å². The SMILES string of the molecule is CC(C)OCCCNC(=O)C(=O)Nc1cc(Cl)ccc1Cl. The van der Waals surface area contributed by atoms with E-state index in [1.165, 1.54) is 6.07 Å². The Morgan fingerprint density at radius 1 is 1.24 bits per heavy atom. The van der Waals surface area contributed by atoms with E-state index in [1.807, 2.05) is 13.8 Å². The second kappa shape index (κ2) is 8.87. The fraction of sp³-hybridized carbons (Fsp3) is 0.429. The summed E-state index contributed by atoms with van der Waals surface area (Å²) in [4.78, 5) is 23.3. The van der Waals surface area contributed by atoms with Gasteiger partial charge in [-0.15, -0.1) is 0 Å². The number of ether oxygens (including phenoxy) is 1. The predicted molar refractivity (Wildman–Crippen MR) is 83.8 cm³/mol. The van der Waals surface area contributed by atoms with Crippen LogP contribution in [0.5, 0.6) is 0 Å². The third-order valence-corrected chi connectivity index (χ3v) is 3.01. The molecule has 21 heavy (non-hydrogen) atoms. The van der Waals surface area contributed by atoms with E-state index in [0.717, 1.165) is 0 Å². The molecule has 0 saturated heterocycles. The largest absolute Gasteiger partial charge is 0.379 e. The Kier molecular flexibility index (Phi) is 7.50. The highest BCUT2D eigenvalue weighted by atomic mass is 35.5. The standard InChI is InChI=1S/C14H18Cl2N2O3/c1-9(2)21-7-3-6-17-13(19)14(20)18-12-8-10(15)4-5-11(12)16/h4-5,8-9H,3,6-7H2,1-2H3,(H,17,19)(H,18,20). The Hall–Kier alpha value is -1.30. The van der Waals surface area contributed by atoms with Crippen molar-refractivity contribution in [2.24, 2.45) is 0 Å². The maximum absolute atomic E-state index is 11.7. The Morgan fingerprint density at radius 3 is 2.62 bits per heavy atom. The molecule has 1 aromatic carbocycles. The summed E-state index contributed by atoms with van der Waals surface area (Å²) in [5, 5.41) is 5.64. The minimum absolute atomic E-state index is 0.147. The molecule has 0 spiro atoms. The van der Waals surface area contributed by atoms with Gasteiger partial charge in [0, 0.05) is 18.2 Å². The van der Waals surface area contributed by atoms with E-state index in [2.05, 4.69) is 10.6 Å². The molecule has 2 amide bonds. The van der Waals surface area contributed by atoms with Gasteiger partial charge in [0.25, 0.3) is 0 Å². The summed E-state index contributed by atoms with van der Waals surface area (Å²) < 4.78 is 5.32. The van der Waals surface area contributed by atoms with Crippen LogP contribution < -0.4 is 10.6 Å². The van der Waals surface area contributed by atoms with Gasteiger partial charge in [0.1, 0.15) is 0 Å². The maximum Gasteiger partial charge on any atom is 0.313 e. The molecule has 0 fully saturated rings. The highest BCUT2D eigenvalue weighted by Gasteiger charge is 2.14. The molecule has 0 radical (unpaired) electrons. The highest BCUT2D eigenvalue weighted by molar-refractivity contribution is 6.42. The van der Waals surface area contributed by atoms with Gasteiger partial charge in [-0.2, -0.15) is 0 Å². The van der Waals surface area contributed by atoms with Crippen LogP contribution in [0, 0.1) is 0 Å². The van der Waals surface area contributed by atoms with Crippen LogP contribution in [0.4, 0.5) is 5.69 Å². The first-order valence-electron chi connectivity index (χ1n) is 6.56. The Morgan fingerprint density at radius 2 is 1.95 bits per heavy atom. The van der Waals surface area contributed by atoms with Gasteiger partial charge in [0.15, 0.2) is 0 Å². The molecule has 5 nitrogen and oxygen atoms in total. The van der Waals surface area contributed by atoms with Crippen molar-refractivity contribution in [2.45, 2.75) is 26.4 Å². The second-order valence-corrected chi connectivity index (χ2v) is 5.45. The van der Waals surface area contributed by atoms with Crippen molar-refractivity contribution in [3.05, 3.63) is 28.2 Å². The molecule has 0 bridgehead atoms. The summed E-state index contributed by atoms with van der Waals surface area (Å²) in [6, 6.07) is 4.61. The van der Waals surface area contributed by atoms with Crippen LogP contribution in [0.15, 0.2) is 18.2 Å². The first-order chi connectivity index (χ1) is 9.90. The Balaban J connectivity index is 2.37. The molecule has 116 valence electrons. The number of rotatable bonds is 6. The summed E-state index contributed by atoms with van der Waals surface area (Å²) in [7, 11) is 0. The number of halogens is 2. The van der Waals surface area contributed by atoms with Crippen LogP contribution in [-0.2, 0) is 14.3 Å². The third kappa shape index (κ3) is 6.80. The lowest BCUT2D eigenvalue weighted by Gasteiger charge is -2.09. The van der Waals surface area contributed by atoms with Crippen LogP contribution >= 0.6 is 23.2 Å². The van der Waals surface area contributed by atoms with E-state index in [4.69, 9.17) is 27.9 Å². The summed E-state index contributed by atoms with van der Waals surface area (Å²) in [6.07, 6.45) is 0.781. The van der Waals surface area contributed by atoms with Gasteiger partial charge in [-0.3, -0.25) is 9.59 Å². The highest BCUT2D eigenvalue weighted by Crippen LogP contribution is 2.25. The van der Waals surface area contributed by atoms with Crippen molar-refractivity contribution in [1.29, 1.82) is 0 Å². The zero-order valence-electron chi connectivity index (χ0n) is 11.9. The average Bonchev–Trinajstić information content (AvgIpc) is 2.41. The lowest BCUT2D eigenvalue weighted by molar-refractivity contribution is -0.136. The monoisotopic (exact) mass is 332 g/mol. The molecule has 0 heterocycles. The Labute approximate surface area is 133 Å². The molecular formula is C14H18Cl2N2O3. The van der Waals surface area contributed by atoms with Crippen LogP contribution in [0.3, 0.4) is 0 Å². The number of carbonyl (C=O) groups is 2. The van der Waals surface area contributed by atoms with Gasteiger partial charge in [0.2, 0.25) is 0 Å². The molecule has 7 heteroatoms. The lowest BCUT2D eigenvalue weighted by Crippen LogP contribution is -2.36. The summed E-state index contributed by atoms with van der Waals surface area (Å²) in [5.41, 5.74) is 0.299. The van der Waals surface area contributed by atoms with E-state index < -0.39 is 11.8 Å². The molecule has 0 aliphatic rings. The lowest BCUT2D eigenvalue weighted by atomic mass is 10.3. The summed E-state index contributed by atoms with van der Waals surface area (Å²) in [6.45, 7) is 4.75. The van der Waals surface area contributed by atoms with E-state index in [-0.39, 0.29) is 6.10 Å². The van der Waals surface area contributed by atoms with Crippen molar-refractivity contribution in [1.82, 2.24) is 5.32 Å². The van der Waals surface area contributed by atoms with E-state index in [0.29, 0.717) is 35.3 Å². The number of nitrogens with one attached hydrogen (secondary N) is 2. The number of benzene rings is 1. The topological polar surface area (TPSA) is 67.4 Å². The van der Waals surface area contributed by atoms with Gasteiger partial charge in [-0.05, 0) is 38.5 Å². The number of hydrogen-bond acceptors (Lipinski definition) is 3. The number of carbonyl (C=O) groups excluding carboxylic acids is 2. The van der Waals surface area contributed by atoms with Crippen LogP contribution in [0.1, 0.15) is 20.3 Å². The molecule has 1 aromatic rings. The quantitative estimate of drug-likeness (QED) is 0.621. The number of anilines is 1. The van der Waals surface area contributed by atoms with Crippen LogP contribution in [0.25, 0.3) is 0 Å². The molecule has 1 rings (SSSR count). The molecule has 0 saturated carbocycles. The fourth-order valence-corrected chi connectivity index (χ4v) is 1.78. The van der Waals surface area contributed by atoms with Crippen LogP contribution in [0.2, 0.25) is 10.0 Å². The van der Waals surface area contributed by atoms with Gasteiger partial charge in [-0.1, -0.05) is 23.2 Å². The summed E-state index contributed by atoms with van der Waals surface area (Å²) >= 11 is 11.7. The number of amides is 2. The molecule has 0 unspecified atom stereocenters. The van der Waals surface area contributed by atoms with E-state index in [9.17, 15) is 9.59 Å². The minimum atomic E-state index is -0.788. The second-order valence-electron chi connectivity index (χ2n) is 4.61. The first-order valence-corrected chi connectivity index (χ1v) is 7.31. The Bertz CT molecular complexity index is 507. The molecule has 2 N–H and O–H groups in total. The van der Waals surface area contributed by atoms with Gasteiger partial charge in [-0.25, -0.2) is 0 Å². The maximum atomic E-state index is 11.7. The molecule has 0 aliphatic carbocycles. The fourth-order valence-electron chi connectivity index (χ4n) is 1.45. The van der Waals surface area contributed by atoms with Crippen molar-refractivity contribution >= 4 is 40.7 Å². The van der Waals surface area contributed by atoms with Crippen molar-refractivity contribution in [3.8, 4) is 0 Å². The molecular weight excluding hydrogens is 315 g/mol. The third-order valence-electron chi connectivity index (χ3n) is 2.44. The van der Waals surface area contributed by atoms with E-state index >= 15 is 0 Å². The van der Waals surface area contributed by atoms with E-state index in [1.54, 1.807) is 12.1 Å². The van der Waals surface area contributed by atoms with Gasteiger partial charge >= 0.3 is 11.8 Å². The smallest absolute Gasteiger partial charge is 0.313 e. The first kappa shape index (κ1) is 17.8. The zero-order chi connectivity index (χ0) is 15.8. The van der Waals surface area contributed by atoms with Crippen molar-refractivity contribution in [2.75, 3.05) is 18.5 Å². The predicted octanol–water partition coefficient (Wildman–Crippen LogP) is 2.86. The normalized spacial score (nSPS) is 10.5. The molecule has 0 atom stereocenters. The van der Waals surface area contributed by atoms with Crippen molar-refractivity contribution < 1.29 is 14.3 Å². The summed E-state index contributed by atoms with van der Waals surface area (Å²) in [5.74, 6) is -1.51. The number of hydrogen-bond donors (Lipinski definition) is 2. The minimum Gasteiger partial charge on any atom is -0.379 e. The molecule has 0 aliphatic heterocycles. The molecule has 0 aromatic heterocycles. The van der Waals surface area contributed by atoms with Gasteiger partial charge < -0.3 is 15.4 Å².